The molecule has 0 radical (unpaired) electrons. The van der Waals surface area contributed by atoms with Crippen molar-refractivity contribution < 1.29 is 14.7 Å². The lowest BCUT2D eigenvalue weighted by atomic mass is 9.97. The maximum absolute atomic E-state index is 12.5. The molecule has 3 atom stereocenters. The number of rotatable bonds is 3. The molecule has 1 saturated heterocycles. The van der Waals surface area contributed by atoms with Gasteiger partial charge in [0, 0.05) is 30.5 Å². The molecule has 20 heavy (non-hydrogen) atoms. The highest BCUT2D eigenvalue weighted by molar-refractivity contribution is 6.24. The fourth-order valence-electron chi connectivity index (χ4n) is 3.13. The molecule has 0 aromatic heterocycles. The maximum atomic E-state index is 12.5. The van der Waals surface area contributed by atoms with Gasteiger partial charge in [-0.3, -0.25) is 14.5 Å². The van der Waals surface area contributed by atoms with Crippen molar-refractivity contribution in [1.82, 2.24) is 4.90 Å². The summed E-state index contributed by atoms with van der Waals surface area (Å²) < 4.78 is 0. The molecule has 2 aliphatic rings. The Kier molecular flexibility index (Phi) is 3.18. The molecule has 1 aromatic carbocycles. The zero-order valence-corrected chi connectivity index (χ0v) is 11.3. The van der Waals surface area contributed by atoms with E-state index in [2.05, 4.69) is 0 Å². The Labute approximate surface area is 117 Å². The second-order valence-electron chi connectivity index (χ2n) is 5.55. The van der Waals surface area contributed by atoms with E-state index in [9.17, 15) is 9.59 Å². The van der Waals surface area contributed by atoms with Gasteiger partial charge >= 0.3 is 5.97 Å². The van der Waals surface area contributed by atoms with Crippen LogP contribution in [0.3, 0.4) is 0 Å². The third-order valence-corrected chi connectivity index (χ3v) is 4.37. The largest absolute Gasteiger partial charge is 0.480 e. The lowest BCUT2D eigenvalue weighted by molar-refractivity contribution is -0.142. The number of carbonyl (C=O) groups excluding carboxylic acids is 1. The minimum Gasteiger partial charge on any atom is -0.480 e. The molecule has 1 fully saturated rings. The summed E-state index contributed by atoms with van der Waals surface area (Å²) in [5.74, 6) is -0.600. The van der Waals surface area contributed by atoms with Crippen LogP contribution < -0.4 is 0 Å². The normalized spacial score (nSPS) is 27.2. The van der Waals surface area contributed by atoms with Crippen molar-refractivity contribution in [2.24, 2.45) is 11.8 Å². The number of allylic oxidation sites excluding steroid dienone is 1. The Balaban J connectivity index is 1.81. The van der Waals surface area contributed by atoms with Gasteiger partial charge in [-0.25, -0.2) is 0 Å². The van der Waals surface area contributed by atoms with Crippen LogP contribution >= 0.6 is 0 Å². The molecule has 0 spiro atoms. The van der Waals surface area contributed by atoms with Crippen molar-refractivity contribution >= 4 is 17.3 Å². The number of hydrogen-bond donors (Lipinski definition) is 1. The second kappa shape index (κ2) is 4.87. The van der Waals surface area contributed by atoms with Crippen molar-refractivity contribution in [2.45, 2.75) is 13.0 Å². The van der Waals surface area contributed by atoms with Gasteiger partial charge in [0.15, 0.2) is 5.78 Å². The van der Waals surface area contributed by atoms with Crippen LogP contribution in [0.2, 0.25) is 0 Å². The predicted molar refractivity (Wildman–Crippen MR) is 75.1 cm³/mol. The van der Waals surface area contributed by atoms with Crippen LogP contribution in [0.25, 0.3) is 5.57 Å². The van der Waals surface area contributed by atoms with Crippen LogP contribution in [0.1, 0.15) is 12.5 Å². The molecule has 1 aromatic rings. The summed E-state index contributed by atoms with van der Waals surface area (Å²) in [6.45, 7) is 2.87. The summed E-state index contributed by atoms with van der Waals surface area (Å²) >= 11 is 0. The Morgan fingerprint density at radius 1 is 1.30 bits per heavy atom. The van der Waals surface area contributed by atoms with E-state index in [1.165, 1.54) is 0 Å². The molecule has 4 heteroatoms. The zero-order chi connectivity index (χ0) is 14.3. The quantitative estimate of drug-likeness (QED) is 0.908. The molecule has 0 bridgehead atoms. The third kappa shape index (κ3) is 2.06. The summed E-state index contributed by atoms with van der Waals surface area (Å²) in [6.07, 6.45) is 2.02. The average Bonchev–Trinajstić information content (AvgIpc) is 2.99. The molecule has 104 valence electrons. The number of aliphatic carboxylic acids is 1. The Morgan fingerprint density at radius 2 is 2.00 bits per heavy atom. The van der Waals surface area contributed by atoms with Crippen LogP contribution in [0, 0.1) is 11.8 Å². The number of hydrogen-bond acceptors (Lipinski definition) is 3. The summed E-state index contributed by atoms with van der Waals surface area (Å²) in [5.41, 5.74) is 1.76. The van der Waals surface area contributed by atoms with E-state index in [1.54, 1.807) is 6.92 Å². The smallest absolute Gasteiger partial charge is 0.320 e. The molecule has 1 N–H and O–H groups in total. The highest BCUT2D eigenvalue weighted by Crippen LogP contribution is 2.38. The van der Waals surface area contributed by atoms with Gasteiger partial charge in [-0.1, -0.05) is 36.4 Å². The molecule has 1 aliphatic carbocycles. The van der Waals surface area contributed by atoms with Crippen molar-refractivity contribution in [3.8, 4) is 0 Å². The first kappa shape index (κ1) is 13.1. The fourth-order valence-corrected chi connectivity index (χ4v) is 3.13. The van der Waals surface area contributed by atoms with Gasteiger partial charge in [0.2, 0.25) is 0 Å². The SMILES string of the molecule is CC(C(=O)O)N1CC2C=C(c3ccccc3)C(=O)C2C1. The Bertz CT molecular complexity index is 579. The monoisotopic (exact) mass is 271 g/mol. The average molecular weight is 271 g/mol. The van der Waals surface area contributed by atoms with Gasteiger partial charge in [-0.05, 0) is 12.5 Å². The fraction of sp³-hybridized carbons (Fsp3) is 0.375. The van der Waals surface area contributed by atoms with Crippen molar-refractivity contribution in [3.63, 3.8) is 0 Å². The third-order valence-electron chi connectivity index (χ3n) is 4.37. The number of Topliss-reactive ketones (excluding diaryl/α,β-unsaturated/α-hetero) is 1. The summed E-state index contributed by atoms with van der Waals surface area (Å²) in [7, 11) is 0. The first-order valence-electron chi connectivity index (χ1n) is 6.86. The van der Waals surface area contributed by atoms with Gasteiger partial charge in [0.05, 0.1) is 0 Å². The van der Waals surface area contributed by atoms with Crippen molar-refractivity contribution in [2.75, 3.05) is 13.1 Å². The number of fused-ring (bicyclic) bond motifs is 1. The highest BCUT2D eigenvalue weighted by Gasteiger charge is 2.44. The Hall–Kier alpha value is -1.94. The lowest BCUT2D eigenvalue weighted by Crippen LogP contribution is -2.38. The predicted octanol–water partition coefficient (Wildman–Crippen LogP) is 1.67. The van der Waals surface area contributed by atoms with Crippen LogP contribution in [0.5, 0.6) is 0 Å². The first-order chi connectivity index (χ1) is 9.58. The molecule has 3 unspecified atom stereocenters. The zero-order valence-electron chi connectivity index (χ0n) is 11.3. The van der Waals surface area contributed by atoms with E-state index in [1.807, 2.05) is 41.3 Å². The summed E-state index contributed by atoms with van der Waals surface area (Å²) in [4.78, 5) is 25.4. The number of ketones is 1. The van der Waals surface area contributed by atoms with E-state index >= 15 is 0 Å². The van der Waals surface area contributed by atoms with Crippen LogP contribution in [-0.4, -0.2) is 40.9 Å². The second-order valence-corrected chi connectivity index (χ2v) is 5.55. The van der Waals surface area contributed by atoms with E-state index < -0.39 is 12.0 Å². The molecular formula is C16H17NO3. The minimum atomic E-state index is -0.829. The molecule has 1 aliphatic heterocycles. The van der Waals surface area contributed by atoms with E-state index in [-0.39, 0.29) is 17.6 Å². The lowest BCUT2D eigenvalue weighted by Gasteiger charge is -2.20. The maximum Gasteiger partial charge on any atom is 0.320 e. The van der Waals surface area contributed by atoms with E-state index in [4.69, 9.17) is 5.11 Å². The van der Waals surface area contributed by atoms with Gasteiger partial charge in [0.25, 0.3) is 0 Å². The molecule has 4 nitrogen and oxygen atoms in total. The number of carbonyl (C=O) groups is 2. The van der Waals surface area contributed by atoms with Gasteiger partial charge < -0.3 is 5.11 Å². The standard InChI is InChI=1S/C16H17NO3/c1-10(16(19)20)17-8-12-7-13(15(18)14(12)9-17)11-5-3-2-4-6-11/h2-7,10,12,14H,8-9H2,1H3,(H,19,20). The molecule has 0 saturated carbocycles. The number of nitrogens with zero attached hydrogens (tertiary/aromatic N) is 1. The van der Waals surface area contributed by atoms with Crippen molar-refractivity contribution in [1.29, 1.82) is 0 Å². The van der Waals surface area contributed by atoms with Crippen molar-refractivity contribution in [3.05, 3.63) is 42.0 Å². The van der Waals surface area contributed by atoms with Crippen LogP contribution in [0.15, 0.2) is 36.4 Å². The molecule has 3 rings (SSSR count). The molecular weight excluding hydrogens is 254 g/mol. The van der Waals surface area contributed by atoms with Gasteiger partial charge in [-0.2, -0.15) is 0 Å². The van der Waals surface area contributed by atoms with E-state index in [0.29, 0.717) is 13.1 Å². The number of benzene rings is 1. The minimum absolute atomic E-state index is 0.0768. The number of carboxylic acid groups (broad SMARTS) is 1. The topological polar surface area (TPSA) is 57.6 Å². The first-order valence-corrected chi connectivity index (χ1v) is 6.86. The van der Waals surface area contributed by atoms with Crippen LogP contribution in [-0.2, 0) is 9.59 Å². The van der Waals surface area contributed by atoms with E-state index in [0.717, 1.165) is 11.1 Å². The highest BCUT2D eigenvalue weighted by atomic mass is 16.4. The number of carboxylic acids is 1. The van der Waals surface area contributed by atoms with Crippen LogP contribution in [0.4, 0.5) is 0 Å². The number of likely N-dealkylation sites (tertiary alicyclic amines) is 1. The Morgan fingerprint density at radius 3 is 2.60 bits per heavy atom. The molecule has 1 heterocycles. The van der Waals surface area contributed by atoms with Gasteiger partial charge in [0.1, 0.15) is 6.04 Å². The van der Waals surface area contributed by atoms with Gasteiger partial charge in [-0.15, -0.1) is 0 Å². The summed E-state index contributed by atoms with van der Waals surface area (Å²) in [5, 5.41) is 9.06. The molecule has 0 amide bonds. The summed E-state index contributed by atoms with van der Waals surface area (Å²) in [6, 6.07) is 9.15.